The fourth-order valence-electron chi connectivity index (χ4n) is 1.81. The van der Waals surface area contributed by atoms with E-state index in [9.17, 15) is 9.59 Å². The molecule has 0 saturated carbocycles. The van der Waals surface area contributed by atoms with Gasteiger partial charge in [-0.05, 0) is 25.1 Å². The Morgan fingerprint density at radius 2 is 2.11 bits per heavy atom. The van der Waals surface area contributed by atoms with Crippen molar-refractivity contribution < 1.29 is 14.7 Å². The standard InChI is InChI=1S/C12H10Cl2N2O3/c1-6-8(5-11(17)18)12(19)16(15-6)7-2-3-9(13)10(14)4-7/h2-4,8H,5H2,1H3,(H,17,18). The highest BCUT2D eigenvalue weighted by atomic mass is 35.5. The largest absolute Gasteiger partial charge is 0.481 e. The summed E-state index contributed by atoms with van der Waals surface area (Å²) < 4.78 is 0. The van der Waals surface area contributed by atoms with Crippen molar-refractivity contribution in [2.24, 2.45) is 11.0 Å². The summed E-state index contributed by atoms with van der Waals surface area (Å²) in [5.41, 5.74) is 0.935. The predicted octanol–water partition coefficient (Wildman–Crippen LogP) is 2.81. The second kappa shape index (κ2) is 5.19. The molecule has 5 nitrogen and oxygen atoms in total. The fraction of sp³-hybridized carbons (Fsp3) is 0.250. The highest BCUT2D eigenvalue weighted by Crippen LogP contribution is 2.31. The summed E-state index contributed by atoms with van der Waals surface area (Å²) in [6.07, 6.45) is -0.272. The van der Waals surface area contributed by atoms with Crippen LogP contribution in [0.3, 0.4) is 0 Å². The topological polar surface area (TPSA) is 70.0 Å². The Morgan fingerprint density at radius 1 is 1.42 bits per heavy atom. The van der Waals surface area contributed by atoms with Crippen LogP contribution in [0.1, 0.15) is 13.3 Å². The van der Waals surface area contributed by atoms with Crippen molar-refractivity contribution in [1.29, 1.82) is 0 Å². The third kappa shape index (κ3) is 2.72. The van der Waals surface area contributed by atoms with Crippen molar-refractivity contribution in [2.45, 2.75) is 13.3 Å². The molecule has 1 aromatic rings. The lowest BCUT2D eigenvalue weighted by Crippen LogP contribution is -2.28. The van der Waals surface area contributed by atoms with E-state index in [0.717, 1.165) is 5.01 Å². The van der Waals surface area contributed by atoms with Gasteiger partial charge in [0.05, 0.1) is 28.1 Å². The average Bonchev–Trinajstić information content (AvgIpc) is 2.60. The summed E-state index contributed by atoms with van der Waals surface area (Å²) in [4.78, 5) is 22.8. The molecule has 1 atom stereocenters. The van der Waals surface area contributed by atoms with Crippen LogP contribution in [0.5, 0.6) is 0 Å². The number of aliphatic carboxylic acids is 1. The van der Waals surface area contributed by atoms with E-state index in [1.807, 2.05) is 0 Å². The van der Waals surface area contributed by atoms with E-state index in [-0.39, 0.29) is 12.3 Å². The summed E-state index contributed by atoms with van der Waals surface area (Å²) in [6, 6.07) is 4.68. The van der Waals surface area contributed by atoms with Gasteiger partial charge in [-0.1, -0.05) is 23.2 Å². The SMILES string of the molecule is CC1=NN(c2ccc(Cl)c(Cl)c2)C(=O)C1CC(=O)O. The van der Waals surface area contributed by atoms with E-state index in [4.69, 9.17) is 28.3 Å². The van der Waals surface area contributed by atoms with Crippen molar-refractivity contribution >= 4 is 46.5 Å². The molecular weight excluding hydrogens is 291 g/mol. The van der Waals surface area contributed by atoms with E-state index in [2.05, 4.69) is 5.10 Å². The van der Waals surface area contributed by atoms with Gasteiger partial charge in [-0.3, -0.25) is 9.59 Å². The molecule has 0 aliphatic carbocycles. The molecule has 7 heteroatoms. The lowest BCUT2D eigenvalue weighted by molar-refractivity contribution is -0.139. The van der Waals surface area contributed by atoms with Crippen LogP contribution >= 0.6 is 23.2 Å². The van der Waals surface area contributed by atoms with Gasteiger partial charge < -0.3 is 5.11 Å². The van der Waals surface area contributed by atoms with Crippen LogP contribution in [-0.2, 0) is 9.59 Å². The van der Waals surface area contributed by atoms with Gasteiger partial charge in [0.15, 0.2) is 0 Å². The number of nitrogens with zero attached hydrogens (tertiary/aromatic N) is 2. The first-order chi connectivity index (χ1) is 8.90. The second-order valence-corrected chi connectivity index (χ2v) is 4.95. The van der Waals surface area contributed by atoms with Gasteiger partial charge in [0, 0.05) is 5.71 Å². The Labute approximate surface area is 119 Å². The minimum atomic E-state index is -1.04. The van der Waals surface area contributed by atoms with Crippen molar-refractivity contribution in [3.05, 3.63) is 28.2 Å². The van der Waals surface area contributed by atoms with Crippen LogP contribution in [0.15, 0.2) is 23.3 Å². The van der Waals surface area contributed by atoms with Gasteiger partial charge in [0.25, 0.3) is 5.91 Å². The predicted molar refractivity (Wildman–Crippen MR) is 72.8 cm³/mol. The smallest absolute Gasteiger partial charge is 0.304 e. The zero-order valence-corrected chi connectivity index (χ0v) is 11.4. The number of amides is 1. The Bertz CT molecular complexity index is 586. The Morgan fingerprint density at radius 3 is 2.68 bits per heavy atom. The average molecular weight is 301 g/mol. The zero-order chi connectivity index (χ0) is 14.2. The highest BCUT2D eigenvalue weighted by Gasteiger charge is 2.35. The number of anilines is 1. The first kappa shape index (κ1) is 13.8. The zero-order valence-electron chi connectivity index (χ0n) is 9.93. The number of rotatable bonds is 3. The van der Waals surface area contributed by atoms with Crippen molar-refractivity contribution in [2.75, 3.05) is 5.01 Å². The van der Waals surface area contributed by atoms with Crippen LogP contribution in [0, 0.1) is 5.92 Å². The molecule has 0 fully saturated rings. The number of hydrogen-bond acceptors (Lipinski definition) is 3. The summed E-state index contributed by atoms with van der Waals surface area (Å²) in [6.45, 7) is 1.63. The van der Waals surface area contributed by atoms with E-state index in [0.29, 0.717) is 21.4 Å². The Balaban J connectivity index is 2.30. The second-order valence-electron chi connectivity index (χ2n) is 4.14. The number of carboxylic acids is 1. The summed E-state index contributed by atoms with van der Waals surface area (Å²) in [5.74, 6) is -2.14. The van der Waals surface area contributed by atoms with Crippen molar-refractivity contribution in [1.82, 2.24) is 0 Å². The number of benzene rings is 1. The summed E-state index contributed by atoms with van der Waals surface area (Å²) in [7, 11) is 0. The number of hydrazone groups is 1. The van der Waals surface area contributed by atoms with E-state index < -0.39 is 11.9 Å². The van der Waals surface area contributed by atoms with Gasteiger partial charge in [0.2, 0.25) is 0 Å². The number of hydrogen-bond donors (Lipinski definition) is 1. The quantitative estimate of drug-likeness (QED) is 0.933. The third-order valence-electron chi connectivity index (χ3n) is 2.80. The first-order valence-corrected chi connectivity index (χ1v) is 6.21. The minimum absolute atomic E-state index is 0.272. The molecule has 0 bridgehead atoms. The molecule has 1 aliphatic rings. The molecule has 0 aromatic heterocycles. The van der Waals surface area contributed by atoms with Gasteiger partial charge in [-0.2, -0.15) is 5.10 Å². The maximum atomic E-state index is 12.1. The molecule has 1 aromatic carbocycles. The van der Waals surface area contributed by atoms with E-state index in [1.165, 1.54) is 6.07 Å². The van der Waals surface area contributed by atoms with Gasteiger partial charge in [0.1, 0.15) is 0 Å². The first-order valence-electron chi connectivity index (χ1n) is 5.46. The van der Waals surface area contributed by atoms with Gasteiger partial charge in [-0.25, -0.2) is 5.01 Å². The molecule has 19 heavy (non-hydrogen) atoms. The number of carbonyl (C=O) groups excluding carboxylic acids is 1. The van der Waals surface area contributed by atoms with Crippen LogP contribution in [0.4, 0.5) is 5.69 Å². The maximum Gasteiger partial charge on any atom is 0.304 e. The lowest BCUT2D eigenvalue weighted by atomic mass is 10.0. The molecule has 0 radical (unpaired) electrons. The van der Waals surface area contributed by atoms with Crippen LogP contribution in [0.25, 0.3) is 0 Å². The highest BCUT2D eigenvalue weighted by molar-refractivity contribution is 6.42. The Hall–Kier alpha value is -1.59. The van der Waals surface area contributed by atoms with Crippen LogP contribution in [0.2, 0.25) is 10.0 Å². The molecule has 1 N–H and O–H groups in total. The normalized spacial score (nSPS) is 18.7. The molecule has 1 aliphatic heterocycles. The molecule has 1 unspecified atom stereocenters. The van der Waals surface area contributed by atoms with E-state index in [1.54, 1.807) is 19.1 Å². The van der Waals surface area contributed by atoms with Gasteiger partial charge in [-0.15, -0.1) is 0 Å². The molecule has 1 heterocycles. The molecular formula is C12H10Cl2N2O3. The summed E-state index contributed by atoms with van der Waals surface area (Å²) >= 11 is 11.7. The fourth-order valence-corrected chi connectivity index (χ4v) is 2.11. The van der Waals surface area contributed by atoms with Gasteiger partial charge >= 0.3 is 5.97 Å². The monoisotopic (exact) mass is 300 g/mol. The molecule has 0 saturated heterocycles. The molecule has 0 spiro atoms. The number of halogens is 2. The Kier molecular flexibility index (Phi) is 3.78. The minimum Gasteiger partial charge on any atom is -0.481 e. The van der Waals surface area contributed by atoms with Crippen LogP contribution < -0.4 is 5.01 Å². The van der Waals surface area contributed by atoms with Crippen molar-refractivity contribution in [3.8, 4) is 0 Å². The number of carboxylic acid groups (broad SMARTS) is 1. The third-order valence-corrected chi connectivity index (χ3v) is 3.53. The lowest BCUT2D eigenvalue weighted by Gasteiger charge is -2.14. The maximum absolute atomic E-state index is 12.1. The molecule has 2 rings (SSSR count). The number of carbonyl (C=O) groups is 2. The van der Waals surface area contributed by atoms with E-state index >= 15 is 0 Å². The summed E-state index contributed by atoms with van der Waals surface area (Å²) in [5, 5.41) is 14.7. The van der Waals surface area contributed by atoms with Crippen LogP contribution in [-0.4, -0.2) is 22.7 Å². The molecule has 100 valence electrons. The van der Waals surface area contributed by atoms with Crippen molar-refractivity contribution in [3.63, 3.8) is 0 Å². The molecule has 1 amide bonds.